The number of carbonyl (C=O) groups is 1. The molecule has 0 atom stereocenters. The molecule has 0 unspecified atom stereocenters. The molecule has 0 saturated heterocycles. The molecule has 0 aliphatic heterocycles. The Morgan fingerprint density at radius 3 is 2.45 bits per heavy atom. The topological polar surface area (TPSA) is 37.3 Å². The van der Waals surface area contributed by atoms with E-state index in [1.807, 2.05) is 0 Å². The molecule has 0 aliphatic rings. The summed E-state index contributed by atoms with van der Waals surface area (Å²) in [6.45, 7) is 0. The Morgan fingerprint density at radius 1 is 1.55 bits per heavy atom. The molecule has 0 amide bonds. The van der Waals surface area contributed by atoms with Gasteiger partial charge in [0.25, 0.3) is 0 Å². The maximum atomic E-state index is 10.0. The van der Waals surface area contributed by atoms with Crippen LogP contribution in [0.25, 0.3) is 0 Å². The zero-order chi connectivity index (χ0) is 8.91. The van der Waals surface area contributed by atoms with E-state index in [1.54, 1.807) is 0 Å². The third-order valence-corrected chi connectivity index (χ3v) is 2.53. The van der Waals surface area contributed by atoms with Gasteiger partial charge < -0.3 is 5.11 Å². The second-order valence-electron chi connectivity index (χ2n) is 1.72. The third kappa shape index (κ3) is 10.5. The van der Waals surface area contributed by atoms with E-state index in [0.29, 0.717) is 6.16 Å². The van der Waals surface area contributed by atoms with Crippen LogP contribution in [0.5, 0.6) is 0 Å². The molecule has 1 N–H and O–H groups in total. The van der Waals surface area contributed by atoms with E-state index in [9.17, 15) is 4.79 Å². The van der Waals surface area contributed by atoms with Crippen molar-refractivity contribution in [3.8, 4) is 0 Å². The van der Waals surface area contributed by atoms with Crippen molar-refractivity contribution in [2.75, 3.05) is 6.16 Å². The first-order chi connectivity index (χ1) is 4.92. The lowest BCUT2D eigenvalue weighted by Gasteiger charge is -2.00. The lowest BCUT2D eigenvalue weighted by atomic mass is 10.5. The predicted octanol–water partition coefficient (Wildman–Crippen LogP) is 2.58. The van der Waals surface area contributed by atoms with Gasteiger partial charge in [0.15, 0.2) is 0 Å². The normalized spacial score (nSPS) is 12.3. The van der Waals surface area contributed by atoms with Crippen LogP contribution in [0.15, 0.2) is 0 Å². The van der Waals surface area contributed by atoms with Crippen molar-refractivity contribution in [2.45, 2.75) is 10.2 Å². The van der Waals surface area contributed by atoms with Gasteiger partial charge in [0.1, 0.15) is 0 Å². The summed E-state index contributed by atoms with van der Waals surface area (Å²) in [7, 11) is 0.731. The van der Waals surface area contributed by atoms with Crippen molar-refractivity contribution in [1.29, 1.82) is 0 Å². The minimum atomic E-state index is -1.37. The molecule has 64 valence electrons. The summed E-state index contributed by atoms with van der Waals surface area (Å²) in [5.74, 6) is 0.593. The van der Waals surface area contributed by atoms with Gasteiger partial charge in [-0.25, -0.2) is 0 Å². The Hall–Kier alpha value is 0.510. The molecular formula is C5H6Cl3O2P. The average molecular weight is 235 g/mol. The maximum Gasteiger partial charge on any atom is 0.304 e. The highest BCUT2D eigenvalue weighted by atomic mass is 35.6. The number of carboxylic acid groups (broad SMARTS) is 1. The summed E-state index contributed by atoms with van der Waals surface area (Å²) >= 11 is 16.1. The van der Waals surface area contributed by atoms with Crippen molar-refractivity contribution >= 4 is 54.8 Å². The Kier molecular flexibility index (Phi) is 5.45. The second-order valence-corrected chi connectivity index (χ2v) is 5.16. The molecule has 0 aromatic carbocycles. The Morgan fingerprint density at radius 2 is 2.09 bits per heavy atom. The van der Waals surface area contributed by atoms with Gasteiger partial charge in [-0.15, -0.1) is 8.20 Å². The van der Waals surface area contributed by atoms with Crippen LogP contribution in [-0.2, 0) is 4.79 Å². The van der Waals surface area contributed by atoms with Gasteiger partial charge in [0.2, 0.25) is 3.79 Å². The molecule has 0 bridgehead atoms. The minimum absolute atomic E-state index is 0.0960. The summed E-state index contributed by atoms with van der Waals surface area (Å²) in [6.07, 6.45) is 0.571. The number of halogens is 3. The minimum Gasteiger partial charge on any atom is -0.481 e. The number of hydrogen-bond acceptors (Lipinski definition) is 1. The molecule has 0 radical (unpaired) electrons. The van der Waals surface area contributed by atoms with E-state index in [2.05, 4.69) is 0 Å². The largest absolute Gasteiger partial charge is 0.481 e. The molecule has 0 aliphatic carbocycles. The van der Waals surface area contributed by atoms with Gasteiger partial charge >= 0.3 is 5.97 Å². The first-order valence-corrected chi connectivity index (χ1v) is 4.99. The van der Waals surface area contributed by atoms with Crippen molar-refractivity contribution in [1.82, 2.24) is 0 Å². The maximum absolute atomic E-state index is 10.0. The van der Waals surface area contributed by atoms with Crippen LogP contribution in [0.1, 0.15) is 6.42 Å². The highest BCUT2D eigenvalue weighted by Gasteiger charge is 2.13. The molecule has 2 nitrogen and oxygen atoms in total. The van der Waals surface area contributed by atoms with Crippen LogP contribution in [0.4, 0.5) is 0 Å². The summed E-state index contributed by atoms with van der Waals surface area (Å²) in [4.78, 5) is 10.0. The van der Waals surface area contributed by atoms with Gasteiger partial charge in [-0.05, 0) is 12.0 Å². The fourth-order valence-electron chi connectivity index (χ4n) is 0.328. The van der Waals surface area contributed by atoms with Crippen molar-refractivity contribution in [2.24, 2.45) is 0 Å². The number of hydrogen-bond donors (Lipinski definition) is 1. The first kappa shape index (κ1) is 11.5. The molecule has 0 heterocycles. The Bertz CT molecular complexity index is 164. The van der Waals surface area contributed by atoms with Crippen molar-refractivity contribution in [3.63, 3.8) is 0 Å². The molecule has 11 heavy (non-hydrogen) atoms. The van der Waals surface area contributed by atoms with Crippen LogP contribution in [-0.4, -0.2) is 26.8 Å². The standard InChI is InChI=1S/C5H6Cl3O2P/c6-5(7,8)3-11-2-1-4(9)10/h3H,1-2H2,(H,9,10). The zero-order valence-electron chi connectivity index (χ0n) is 5.43. The quantitative estimate of drug-likeness (QED) is 0.603. The molecular weight excluding hydrogens is 229 g/mol. The van der Waals surface area contributed by atoms with Crippen LogP contribution in [0, 0.1) is 0 Å². The van der Waals surface area contributed by atoms with E-state index in [4.69, 9.17) is 39.9 Å². The van der Waals surface area contributed by atoms with Crippen LogP contribution >= 0.6 is 43.0 Å². The van der Waals surface area contributed by atoms with E-state index in [1.165, 1.54) is 5.80 Å². The highest BCUT2D eigenvalue weighted by molar-refractivity contribution is 7.40. The average Bonchev–Trinajstić information content (AvgIpc) is 1.78. The number of aliphatic carboxylic acids is 1. The van der Waals surface area contributed by atoms with Gasteiger partial charge in [-0.1, -0.05) is 34.8 Å². The zero-order valence-corrected chi connectivity index (χ0v) is 8.59. The summed E-state index contributed by atoms with van der Waals surface area (Å²) in [5.41, 5.74) is 0. The number of alkyl halides is 3. The molecule has 0 rings (SSSR count). The molecule has 0 saturated carbocycles. The fraction of sp³-hybridized carbons (Fsp3) is 0.600. The van der Waals surface area contributed by atoms with E-state index in [-0.39, 0.29) is 6.42 Å². The predicted molar refractivity (Wildman–Crippen MR) is 50.4 cm³/mol. The third-order valence-electron chi connectivity index (χ3n) is 0.692. The Balaban J connectivity index is 3.54. The second kappa shape index (κ2) is 5.21. The van der Waals surface area contributed by atoms with E-state index in [0.717, 1.165) is 8.20 Å². The molecule has 6 heteroatoms. The van der Waals surface area contributed by atoms with E-state index < -0.39 is 9.76 Å². The van der Waals surface area contributed by atoms with Gasteiger partial charge in [0.05, 0.1) is 6.42 Å². The molecule has 0 spiro atoms. The van der Waals surface area contributed by atoms with Crippen LogP contribution < -0.4 is 0 Å². The van der Waals surface area contributed by atoms with Gasteiger partial charge in [-0.3, -0.25) is 4.79 Å². The Labute approximate surface area is 81.2 Å². The lowest BCUT2D eigenvalue weighted by molar-refractivity contribution is -0.136. The highest BCUT2D eigenvalue weighted by Crippen LogP contribution is 2.25. The number of rotatable bonds is 3. The van der Waals surface area contributed by atoms with Gasteiger partial charge in [-0.2, -0.15) is 0 Å². The van der Waals surface area contributed by atoms with Crippen LogP contribution in [0.3, 0.4) is 0 Å². The van der Waals surface area contributed by atoms with Crippen molar-refractivity contribution < 1.29 is 9.90 Å². The van der Waals surface area contributed by atoms with Crippen molar-refractivity contribution in [3.05, 3.63) is 0 Å². The summed E-state index contributed by atoms with van der Waals surface area (Å²) < 4.78 is -1.37. The van der Waals surface area contributed by atoms with Crippen LogP contribution in [0.2, 0.25) is 0 Å². The van der Waals surface area contributed by atoms with Gasteiger partial charge in [0, 0.05) is 0 Å². The first-order valence-electron chi connectivity index (χ1n) is 2.71. The molecule has 0 aromatic heterocycles. The fourth-order valence-corrected chi connectivity index (χ4v) is 1.61. The molecule has 0 fully saturated rings. The van der Waals surface area contributed by atoms with E-state index >= 15 is 0 Å². The summed E-state index contributed by atoms with van der Waals surface area (Å²) in [6, 6.07) is 0. The summed E-state index contributed by atoms with van der Waals surface area (Å²) in [5, 5.41) is 8.23. The number of carboxylic acids is 1. The monoisotopic (exact) mass is 234 g/mol. The SMILES string of the molecule is O=C(O)CCP=CC(Cl)(Cl)Cl. The smallest absolute Gasteiger partial charge is 0.304 e. The lowest BCUT2D eigenvalue weighted by Crippen LogP contribution is -2.01. The molecule has 0 aromatic rings.